The monoisotopic (exact) mass is 314 g/mol. The van der Waals surface area contributed by atoms with Crippen molar-refractivity contribution in [3.8, 4) is 5.75 Å². The molecule has 23 heavy (non-hydrogen) atoms. The molecule has 1 atom stereocenters. The van der Waals surface area contributed by atoms with Crippen molar-refractivity contribution in [2.24, 2.45) is 4.99 Å². The minimum Gasteiger partial charge on any atom is -0.487 e. The van der Waals surface area contributed by atoms with Gasteiger partial charge in [-0.3, -0.25) is 4.99 Å². The smallest absolute Gasteiger partial charge is 0.191 e. The Balaban J connectivity index is 1.72. The van der Waals surface area contributed by atoms with Crippen LogP contribution in [0.2, 0.25) is 0 Å². The van der Waals surface area contributed by atoms with Gasteiger partial charge in [-0.05, 0) is 19.9 Å². The van der Waals surface area contributed by atoms with E-state index in [1.165, 1.54) is 0 Å². The van der Waals surface area contributed by atoms with Crippen LogP contribution in [-0.2, 0) is 6.54 Å². The Morgan fingerprint density at radius 3 is 2.91 bits per heavy atom. The van der Waals surface area contributed by atoms with Crippen LogP contribution in [0.1, 0.15) is 37.6 Å². The summed E-state index contributed by atoms with van der Waals surface area (Å²) in [5, 5.41) is 10.6. The van der Waals surface area contributed by atoms with Crippen LogP contribution >= 0.6 is 0 Å². The maximum absolute atomic E-state index is 6.06. The third-order valence-corrected chi connectivity index (χ3v) is 3.84. The summed E-state index contributed by atoms with van der Waals surface area (Å²) < 4.78 is 10.9. The average Bonchev–Trinajstić information content (AvgIpc) is 3.03. The highest BCUT2D eigenvalue weighted by Gasteiger charge is 2.33. The molecular formula is C17H22N4O2. The van der Waals surface area contributed by atoms with Crippen molar-refractivity contribution < 1.29 is 9.26 Å². The number of hydrogen-bond acceptors (Lipinski definition) is 4. The summed E-state index contributed by atoms with van der Waals surface area (Å²) in [6.45, 7) is 4.76. The van der Waals surface area contributed by atoms with Gasteiger partial charge in [0.2, 0.25) is 0 Å². The van der Waals surface area contributed by atoms with Crippen molar-refractivity contribution in [1.29, 1.82) is 0 Å². The van der Waals surface area contributed by atoms with E-state index < -0.39 is 0 Å². The number of hydrogen-bond donors (Lipinski definition) is 2. The molecule has 0 bridgehead atoms. The van der Waals surface area contributed by atoms with Crippen LogP contribution in [-0.4, -0.2) is 23.8 Å². The van der Waals surface area contributed by atoms with E-state index in [9.17, 15) is 0 Å². The standard InChI is InChI=1S/C17H22N4O2/c1-17(2)10-14(13-6-4-5-7-15(13)23-17)20-16(18-3)19-11-12-8-9-22-21-12/h4-9,14H,10-11H2,1-3H3,(H2,18,19,20). The zero-order valence-electron chi connectivity index (χ0n) is 13.7. The van der Waals surface area contributed by atoms with E-state index in [4.69, 9.17) is 9.26 Å². The molecule has 1 aliphatic heterocycles. The Bertz CT molecular complexity index is 680. The number of para-hydroxylation sites is 1. The van der Waals surface area contributed by atoms with E-state index >= 15 is 0 Å². The van der Waals surface area contributed by atoms with E-state index in [2.05, 4.69) is 40.7 Å². The number of rotatable bonds is 3. The van der Waals surface area contributed by atoms with Gasteiger partial charge >= 0.3 is 0 Å². The molecule has 1 unspecified atom stereocenters. The van der Waals surface area contributed by atoms with Crippen LogP contribution in [0.3, 0.4) is 0 Å². The van der Waals surface area contributed by atoms with Gasteiger partial charge < -0.3 is 19.9 Å². The molecule has 1 aliphatic rings. The summed E-state index contributed by atoms with van der Waals surface area (Å²) in [6.07, 6.45) is 2.42. The Hall–Kier alpha value is -2.50. The second kappa shape index (κ2) is 6.32. The molecule has 6 heteroatoms. The van der Waals surface area contributed by atoms with Crippen molar-refractivity contribution in [3.63, 3.8) is 0 Å². The molecule has 6 nitrogen and oxygen atoms in total. The largest absolute Gasteiger partial charge is 0.487 e. The Kier molecular flexibility index (Phi) is 4.23. The van der Waals surface area contributed by atoms with Crippen molar-refractivity contribution in [2.45, 2.75) is 38.5 Å². The van der Waals surface area contributed by atoms with Crippen LogP contribution < -0.4 is 15.4 Å². The lowest BCUT2D eigenvalue weighted by molar-refractivity contribution is 0.0694. The number of fused-ring (bicyclic) bond motifs is 1. The molecule has 1 aromatic heterocycles. The summed E-state index contributed by atoms with van der Waals surface area (Å²) in [7, 11) is 1.76. The molecule has 122 valence electrons. The van der Waals surface area contributed by atoms with Gasteiger partial charge in [-0.25, -0.2) is 0 Å². The van der Waals surface area contributed by atoms with Crippen LogP contribution in [0, 0.1) is 0 Å². The highest BCUT2D eigenvalue weighted by Crippen LogP contribution is 2.39. The Labute approximate surface area is 135 Å². The fraction of sp³-hybridized carbons (Fsp3) is 0.412. The summed E-state index contributed by atoms with van der Waals surface area (Å²) in [6, 6.07) is 10.1. The van der Waals surface area contributed by atoms with Gasteiger partial charge in [0.1, 0.15) is 23.3 Å². The van der Waals surface area contributed by atoms with Gasteiger partial charge in [-0.1, -0.05) is 23.4 Å². The number of nitrogens with one attached hydrogen (secondary N) is 2. The molecule has 2 N–H and O–H groups in total. The van der Waals surface area contributed by atoms with Crippen molar-refractivity contribution in [1.82, 2.24) is 15.8 Å². The quantitative estimate of drug-likeness (QED) is 0.673. The molecule has 2 aromatic rings. The van der Waals surface area contributed by atoms with E-state index in [0.29, 0.717) is 6.54 Å². The predicted molar refractivity (Wildman–Crippen MR) is 88.3 cm³/mol. The SMILES string of the molecule is CN=C(NCc1ccon1)NC1CC(C)(C)Oc2ccccc21. The Morgan fingerprint density at radius 2 is 2.17 bits per heavy atom. The first-order valence-corrected chi connectivity index (χ1v) is 7.72. The fourth-order valence-electron chi connectivity index (χ4n) is 2.79. The lowest BCUT2D eigenvalue weighted by Crippen LogP contribution is -2.45. The van der Waals surface area contributed by atoms with Crippen molar-refractivity contribution >= 4 is 5.96 Å². The van der Waals surface area contributed by atoms with Crippen LogP contribution in [0.4, 0.5) is 0 Å². The molecule has 0 spiro atoms. The van der Waals surface area contributed by atoms with Gasteiger partial charge in [0.05, 0.1) is 12.6 Å². The maximum atomic E-state index is 6.06. The molecule has 0 fully saturated rings. The molecule has 0 amide bonds. The molecule has 0 saturated carbocycles. The molecule has 2 heterocycles. The third-order valence-electron chi connectivity index (χ3n) is 3.84. The zero-order valence-corrected chi connectivity index (χ0v) is 13.7. The van der Waals surface area contributed by atoms with Crippen molar-refractivity contribution in [2.75, 3.05) is 7.05 Å². The molecule has 3 rings (SSSR count). The molecule has 1 aromatic carbocycles. The first-order chi connectivity index (χ1) is 11.1. The second-order valence-electron chi connectivity index (χ2n) is 6.22. The van der Waals surface area contributed by atoms with Gasteiger partial charge in [-0.2, -0.15) is 0 Å². The normalized spacial score (nSPS) is 19.6. The topological polar surface area (TPSA) is 71.7 Å². The minimum absolute atomic E-state index is 0.137. The molecular weight excluding hydrogens is 292 g/mol. The zero-order chi connectivity index (χ0) is 16.3. The number of guanidine groups is 1. The van der Waals surface area contributed by atoms with E-state index in [0.717, 1.165) is 29.4 Å². The maximum Gasteiger partial charge on any atom is 0.191 e. The second-order valence-corrected chi connectivity index (χ2v) is 6.22. The fourth-order valence-corrected chi connectivity index (χ4v) is 2.79. The van der Waals surface area contributed by atoms with Gasteiger partial charge in [0.15, 0.2) is 5.96 Å². The number of ether oxygens (including phenoxy) is 1. The van der Waals surface area contributed by atoms with E-state index in [-0.39, 0.29) is 11.6 Å². The number of aliphatic imine (C=N–C) groups is 1. The van der Waals surface area contributed by atoms with Gasteiger partial charge in [0.25, 0.3) is 0 Å². The number of aromatic nitrogens is 1. The predicted octanol–water partition coefficient (Wildman–Crippen LogP) is 2.64. The third kappa shape index (κ3) is 3.64. The highest BCUT2D eigenvalue weighted by molar-refractivity contribution is 5.80. The summed E-state index contributed by atoms with van der Waals surface area (Å²) in [5.74, 6) is 1.65. The number of nitrogens with zero attached hydrogens (tertiary/aromatic N) is 2. The molecule has 0 saturated heterocycles. The highest BCUT2D eigenvalue weighted by atomic mass is 16.5. The minimum atomic E-state index is -0.225. The molecule has 0 radical (unpaired) electrons. The van der Waals surface area contributed by atoms with E-state index in [1.807, 2.05) is 24.3 Å². The van der Waals surface area contributed by atoms with Crippen molar-refractivity contribution in [3.05, 3.63) is 47.9 Å². The van der Waals surface area contributed by atoms with Gasteiger partial charge in [-0.15, -0.1) is 0 Å². The number of benzene rings is 1. The van der Waals surface area contributed by atoms with Crippen LogP contribution in [0.5, 0.6) is 5.75 Å². The first kappa shape index (κ1) is 15.4. The van der Waals surface area contributed by atoms with Gasteiger partial charge in [0, 0.05) is 25.1 Å². The van der Waals surface area contributed by atoms with E-state index in [1.54, 1.807) is 13.3 Å². The summed E-state index contributed by atoms with van der Waals surface area (Å²) in [4.78, 5) is 4.30. The summed E-state index contributed by atoms with van der Waals surface area (Å²) in [5.41, 5.74) is 1.76. The Morgan fingerprint density at radius 1 is 1.35 bits per heavy atom. The average molecular weight is 314 g/mol. The van der Waals surface area contributed by atoms with Crippen LogP contribution in [0.15, 0.2) is 46.1 Å². The lowest BCUT2D eigenvalue weighted by atomic mass is 9.90. The summed E-state index contributed by atoms with van der Waals surface area (Å²) >= 11 is 0. The first-order valence-electron chi connectivity index (χ1n) is 7.72. The van der Waals surface area contributed by atoms with Crippen LogP contribution in [0.25, 0.3) is 0 Å². The molecule has 0 aliphatic carbocycles. The lowest BCUT2D eigenvalue weighted by Gasteiger charge is -2.38.